The molecule has 5 rings (SSSR count). The van der Waals surface area contributed by atoms with Gasteiger partial charge in [0.25, 0.3) is 0 Å². The summed E-state index contributed by atoms with van der Waals surface area (Å²) < 4.78 is 2.48. The van der Waals surface area contributed by atoms with E-state index in [0.29, 0.717) is 0 Å². The van der Waals surface area contributed by atoms with Gasteiger partial charge in [-0.25, -0.2) is 0 Å². The highest BCUT2D eigenvalue weighted by Crippen LogP contribution is 2.41. The average Bonchev–Trinajstić information content (AvgIpc) is 3.05. The zero-order valence-electron chi connectivity index (χ0n) is 13.7. The maximum absolute atomic E-state index is 2.48. The van der Waals surface area contributed by atoms with E-state index in [0.717, 1.165) is 0 Å². The van der Waals surface area contributed by atoms with Gasteiger partial charge in [-0.3, -0.25) is 0 Å². The van der Waals surface area contributed by atoms with Crippen molar-refractivity contribution in [2.75, 3.05) is 0 Å². The van der Waals surface area contributed by atoms with E-state index >= 15 is 0 Å². The lowest BCUT2D eigenvalue weighted by molar-refractivity contribution is 0.594. The molecule has 0 unspecified atom stereocenters. The van der Waals surface area contributed by atoms with E-state index < -0.39 is 0 Å². The molecular formula is C22H19N. The predicted molar refractivity (Wildman–Crippen MR) is 99.8 cm³/mol. The maximum Gasteiger partial charge on any atom is 0.0620 e. The average molecular weight is 297 g/mol. The normalized spacial score (nSPS) is 13.0. The maximum atomic E-state index is 2.48. The Hall–Kier alpha value is -2.54. The quantitative estimate of drug-likeness (QED) is 0.323. The number of fused-ring (bicyclic) bond motifs is 6. The van der Waals surface area contributed by atoms with Crippen LogP contribution in [0, 0.1) is 0 Å². The first kappa shape index (κ1) is 13.0. The monoisotopic (exact) mass is 297 g/mol. The molecule has 0 aliphatic heterocycles. The molecule has 0 spiro atoms. The lowest BCUT2D eigenvalue weighted by Gasteiger charge is -2.20. The minimum atomic E-state index is 0.116. The van der Waals surface area contributed by atoms with E-state index in [2.05, 4.69) is 85.8 Å². The van der Waals surface area contributed by atoms with Crippen molar-refractivity contribution < 1.29 is 0 Å². The molecule has 5 aromatic rings. The van der Waals surface area contributed by atoms with Crippen molar-refractivity contribution in [2.45, 2.75) is 26.2 Å². The Labute approximate surface area is 135 Å². The second-order valence-electron chi connectivity index (χ2n) is 7.51. The van der Waals surface area contributed by atoms with Crippen molar-refractivity contribution in [3.8, 4) is 0 Å². The summed E-state index contributed by atoms with van der Waals surface area (Å²) in [7, 11) is 0. The second kappa shape index (κ2) is 4.05. The van der Waals surface area contributed by atoms with Crippen molar-refractivity contribution >= 4 is 38.1 Å². The molecule has 0 atom stereocenters. The molecule has 112 valence electrons. The van der Waals surface area contributed by atoms with Gasteiger partial charge >= 0.3 is 0 Å². The summed E-state index contributed by atoms with van der Waals surface area (Å²) in [6.45, 7) is 6.90. The van der Waals surface area contributed by atoms with E-state index in [1.54, 1.807) is 0 Å². The molecule has 0 radical (unpaired) electrons. The van der Waals surface area contributed by atoms with E-state index in [9.17, 15) is 0 Å². The number of benzene rings is 3. The summed E-state index contributed by atoms with van der Waals surface area (Å²) in [4.78, 5) is 0. The third kappa shape index (κ3) is 1.52. The summed E-state index contributed by atoms with van der Waals surface area (Å²) in [6, 6.07) is 22.2. The van der Waals surface area contributed by atoms with Gasteiger partial charge in [0.05, 0.1) is 16.6 Å². The first-order valence-corrected chi connectivity index (χ1v) is 8.24. The molecule has 0 fully saturated rings. The van der Waals surface area contributed by atoms with Gasteiger partial charge < -0.3 is 4.40 Å². The first-order chi connectivity index (χ1) is 11.1. The summed E-state index contributed by atoms with van der Waals surface area (Å²) in [5, 5.41) is 5.43. The van der Waals surface area contributed by atoms with Crippen LogP contribution in [0.3, 0.4) is 0 Å². The molecule has 3 aromatic carbocycles. The van der Waals surface area contributed by atoms with Gasteiger partial charge in [-0.1, -0.05) is 75.4 Å². The number of hydrogen-bond acceptors (Lipinski definition) is 0. The predicted octanol–water partition coefficient (Wildman–Crippen LogP) is 6.13. The van der Waals surface area contributed by atoms with Gasteiger partial charge in [-0.05, 0) is 17.0 Å². The minimum absolute atomic E-state index is 0.116. The fourth-order valence-corrected chi connectivity index (χ4v) is 4.08. The van der Waals surface area contributed by atoms with Crippen LogP contribution in [-0.2, 0) is 5.41 Å². The van der Waals surface area contributed by atoms with E-state index in [4.69, 9.17) is 0 Å². The van der Waals surface area contributed by atoms with Gasteiger partial charge in [0.1, 0.15) is 0 Å². The molecule has 1 heteroatoms. The summed E-state index contributed by atoms with van der Waals surface area (Å²) in [6.07, 6.45) is 0. The van der Waals surface area contributed by atoms with Crippen LogP contribution in [0.15, 0.2) is 60.7 Å². The Morgan fingerprint density at radius 1 is 0.609 bits per heavy atom. The van der Waals surface area contributed by atoms with Crippen molar-refractivity contribution in [1.29, 1.82) is 0 Å². The molecule has 2 heterocycles. The third-order valence-electron chi connectivity index (χ3n) is 5.05. The molecule has 23 heavy (non-hydrogen) atoms. The molecular weight excluding hydrogens is 278 g/mol. The SMILES string of the molecule is CC(C)(C)c1cccc2c3cccc4c5ccccc5n(c12)c43. The number of para-hydroxylation sites is 3. The van der Waals surface area contributed by atoms with Gasteiger partial charge in [0.15, 0.2) is 0 Å². The molecule has 0 aliphatic carbocycles. The molecule has 0 bridgehead atoms. The third-order valence-corrected chi connectivity index (χ3v) is 5.05. The van der Waals surface area contributed by atoms with Crippen LogP contribution >= 0.6 is 0 Å². The van der Waals surface area contributed by atoms with Crippen LogP contribution in [0.2, 0.25) is 0 Å². The largest absolute Gasteiger partial charge is 0.308 e. The molecule has 1 nitrogen and oxygen atoms in total. The topological polar surface area (TPSA) is 4.41 Å². The van der Waals surface area contributed by atoms with Crippen LogP contribution in [0.1, 0.15) is 26.3 Å². The number of nitrogens with zero attached hydrogens (tertiary/aromatic N) is 1. The highest BCUT2D eigenvalue weighted by molar-refractivity contribution is 6.23. The van der Waals surface area contributed by atoms with Gasteiger partial charge in [-0.2, -0.15) is 0 Å². The second-order valence-corrected chi connectivity index (χ2v) is 7.51. The van der Waals surface area contributed by atoms with Crippen molar-refractivity contribution in [3.63, 3.8) is 0 Å². The van der Waals surface area contributed by atoms with Crippen LogP contribution in [0.25, 0.3) is 38.1 Å². The van der Waals surface area contributed by atoms with E-state index in [-0.39, 0.29) is 5.41 Å². The minimum Gasteiger partial charge on any atom is -0.308 e. The summed E-state index contributed by atoms with van der Waals surface area (Å²) in [5.41, 5.74) is 5.57. The lowest BCUT2D eigenvalue weighted by atomic mass is 9.85. The first-order valence-electron chi connectivity index (χ1n) is 8.24. The number of rotatable bonds is 0. The highest BCUT2D eigenvalue weighted by atomic mass is 14.9. The standard InChI is InChI=1S/C22H19N/c1-22(2,3)18-12-7-11-17-16-10-6-9-15-14-8-4-5-13-19(14)23(20(15)16)21(17)18/h4-13H,1-3H3. The smallest absolute Gasteiger partial charge is 0.0620 e. The molecule has 0 aliphatic rings. The lowest BCUT2D eigenvalue weighted by Crippen LogP contribution is -2.12. The Balaban J connectivity index is 2.21. The Kier molecular flexibility index (Phi) is 2.28. The summed E-state index contributed by atoms with van der Waals surface area (Å²) in [5.74, 6) is 0. The van der Waals surface area contributed by atoms with Gasteiger partial charge in [0, 0.05) is 21.5 Å². The van der Waals surface area contributed by atoms with Crippen LogP contribution < -0.4 is 0 Å². The molecule has 2 aromatic heterocycles. The van der Waals surface area contributed by atoms with Crippen molar-refractivity contribution in [2.24, 2.45) is 0 Å². The molecule has 0 saturated heterocycles. The van der Waals surface area contributed by atoms with Gasteiger partial charge in [0.2, 0.25) is 0 Å². The number of aromatic nitrogens is 1. The highest BCUT2D eigenvalue weighted by Gasteiger charge is 2.23. The molecule has 0 amide bonds. The Bertz CT molecular complexity index is 1190. The van der Waals surface area contributed by atoms with Crippen LogP contribution in [0.4, 0.5) is 0 Å². The zero-order valence-corrected chi connectivity index (χ0v) is 13.7. The zero-order chi connectivity index (χ0) is 15.8. The Morgan fingerprint density at radius 3 is 1.91 bits per heavy atom. The van der Waals surface area contributed by atoms with Crippen LogP contribution in [-0.4, -0.2) is 4.40 Å². The van der Waals surface area contributed by atoms with Crippen molar-refractivity contribution in [1.82, 2.24) is 4.40 Å². The number of hydrogen-bond donors (Lipinski definition) is 0. The fraction of sp³-hybridized carbons (Fsp3) is 0.182. The Morgan fingerprint density at radius 2 is 1.17 bits per heavy atom. The van der Waals surface area contributed by atoms with Crippen LogP contribution in [0.5, 0.6) is 0 Å². The van der Waals surface area contributed by atoms with Crippen molar-refractivity contribution in [3.05, 3.63) is 66.2 Å². The fourth-order valence-electron chi connectivity index (χ4n) is 4.08. The molecule has 0 saturated carbocycles. The summed E-state index contributed by atoms with van der Waals surface area (Å²) >= 11 is 0. The van der Waals surface area contributed by atoms with Gasteiger partial charge in [-0.15, -0.1) is 0 Å². The van der Waals surface area contributed by atoms with E-state index in [1.165, 1.54) is 43.7 Å². The molecule has 0 N–H and O–H groups in total. The van der Waals surface area contributed by atoms with E-state index in [1.807, 2.05) is 0 Å².